The number of nitrogens with one attached hydrogen (secondary N) is 1. The predicted octanol–water partition coefficient (Wildman–Crippen LogP) is 3.26. The van der Waals surface area contributed by atoms with E-state index in [9.17, 15) is 0 Å². The molecule has 18 heavy (non-hydrogen) atoms. The van der Waals surface area contributed by atoms with Crippen LogP contribution in [0.15, 0.2) is 42.6 Å². The van der Waals surface area contributed by atoms with Crippen molar-refractivity contribution in [2.24, 2.45) is 0 Å². The van der Waals surface area contributed by atoms with Gasteiger partial charge in [0.1, 0.15) is 0 Å². The maximum Gasteiger partial charge on any atom is 0.168 e. The average molecular weight is 242 g/mol. The highest BCUT2D eigenvalue weighted by molar-refractivity contribution is 5.49. The first-order chi connectivity index (χ1) is 8.83. The lowest BCUT2D eigenvalue weighted by Gasteiger charge is -2.09. The molecule has 0 spiro atoms. The molecule has 1 aromatic carbocycles. The molecule has 3 heteroatoms. The van der Waals surface area contributed by atoms with Crippen molar-refractivity contribution in [1.29, 1.82) is 0 Å². The normalized spacial score (nSPS) is 10.1. The third kappa shape index (κ3) is 3.00. The molecule has 0 aliphatic rings. The molecule has 1 aromatic heterocycles. The number of benzene rings is 1. The Balaban J connectivity index is 2.02. The maximum atomic E-state index is 5.25. The van der Waals surface area contributed by atoms with Crippen molar-refractivity contribution in [2.75, 3.05) is 12.4 Å². The van der Waals surface area contributed by atoms with Gasteiger partial charge in [0.25, 0.3) is 0 Å². The van der Waals surface area contributed by atoms with Crippen LogP contribution in [0.2, 0.25) is 0 Å². The summed E-state index contributed by atoms with van der Waals surface area (Å²) < 4.78 is 5.25. The van der Waals surface area contributed by atoms with Crippen molar-refractivity contribution in [2.45, 2.75) is 19.9 Å². The van der Waals surface area contributed by atoms with E-state index < -0.39 is 0 Å². The molecule has 0 radical (unpaired) electrons. The molecule has 0 aliphatic heterocycles. The van der Waals surface area contributed by atoms with Crippen molar-refractivity contribution in [3.8, 4) is 5.75 Å². The van der Waals surface area contributed by atoms with Gasteiger partial charge < -0.3 is 10.1 Å². The van der Waals surface area contributed by atoms with E-state index in [2.05, 4.69) is 41.5 Å². The van der Waals surface area contributed by atoms with E-state index in [0.29, 0.717) is 0 Å². The number of anilines is 1. The van der Waals surface area contributed by atoms with Crippen LogP contribution in [0.3, 0.4) is 0 Å². The van der Waals surface area contributed by atoms with Crippen LogP contribution in [-0.4, -0.2) is 12.1 Å². The number of rotatable bonds is 5. The zero-order chi connectivity index (χ0) is 12.8. The zero-order valence-electron chi connectivity index (χ0n) is 10.8. The summed E-state index contributed by atoms with van der Waals surface area (Å²) in [5.41, 5.74) is 2.59. The minimum Gasteiger partial charge on any atom is -0.493 e. The first-order valence-electron chi connectivity index (χ1n) is 6.14. The summed E-state index contributed by atoms with van der Waals surface area (Å²) in [5.74, 6) is 1.54. The van der Waals surface area contributed by atoms with E-state index in [1.165, 1.54) is 11.1 Å². The molecule has 2 rings (SSSR count). The molecule has 1 heterocycles. The van der Waals surface area contributed by atoms with Gasteiger partial charge in [0.15, 0.2) is 11.6 Å². The third-order valence-electron chi connectivity index (χ3n) is 2.88. The van der Waals surface area contributed by atoms with Gasteiger partial charge in [-0.25, -0.2) is 4.98 Å². The number of nitrogens with zero attached hydrogens (tertiary/aromatic N) is 1. The van der Waals surface area contributed by atoms with Gasteiger partial charge in [-0.2, -0.15) is 0 Å². The second-order valence-electron chi connectivity index (χ2n) is 4.08. The fraction of sp³-hybridized carbons (Fsp3) is 0.267. The number of aryl methyl sites for hydroxylation is 1. The number of aromatic nitrogens is 1. The summed E-state index contributed by atoms with van der Waals surface area (Å²) in [6.07, 6.45) is 2.83. The molecule has 94 valence electrons. The van der Waals surface area contributed by atoms with Gasteiger partial charge in [0, 0.05) is 12.7 Å². The van der Waals surface area contributed by atoms with Gasteiger partial charge >= 0.3 is 0 Å². The van der Waals surface area contributed by atoms with Gasteiger partial charge in [-0.15, -0.1) is 0 Å². The molecule has 0 bridgehead atoms. The highest BCUT2D eigenvalue weighted by atomic mass is 16.5. The summed E-state index contributed by atoms with van der Waals surface area (Å²) in [5, 5.41) is 3.28. The number of hydrogen-bond donors (Lipinski definition) is 1. The fourth-order valence-corrected chi connectivity index (χ4v) is 1.77. The van der Waals surface area contributed by atoms with E-state index in [-0.39, 0.29) is 0 Å². The standard InChI is InChI=1S/C15H18N2O/c1-3-12-6-8-13(9-7-12)11-17-15-14(18-2)5-4-10-16-15/h4-10H,3,11H2,1-2H3,(H,16,17). The molecule has 0 amide bonds. The number of hydrogen-bond acceptors (Lipinski definition) is 3. The molecule has 0 saturated carbocycles. The van der Waals surface area contributed by atoms with E-state index in [4.69, 9.17) is 4.74 Å². The van der Waals surface area contributed by atoms with Gasteiger partial charge in [0.2, 0.25) is 0 Å². The maximum absolute atomic E-state index is 5.25. The van der Waals surface area contributed by atoms with Crippen LogP contribution in [0.5, 0.6) is 5.75 Å². The van der Waals surface area contributed by atoms with Gasteiger partial charge in [-0.1, -0.05) is 31.2 Å². The average Bonchev–Trinajstić information content (AvgIpc) is 2.46. The predicted molar refractivity (Wildman–Crippen MR) is 73.9 cm³/mol. The lowest BCUT2D eigenvalue weighted by Crippen LogP contribution is -2.03. The Morgan fingerprint density at radius 3 is 2.50 bits per heavy atom. The van der Waals surface area contributed by atoms with Crippen LogP contribution < -0.4 is 10.1 Å². The van der Waals surface area contributed by atoms with Crippen LogP contribution in [0, 0.1) is 0 Å². The summed E-state index contributed by atoms with van der Waals surface area (Å²) in [4.78, 5) is 4.26. The zero-order valence-corrected chi connectivity index (χ0v) is 10.8. The summed E-state index contributed by atoms with van der Waals surface area (Å²) in [6, 6.07) is 12.4. The van der Waals surface area contributed by atoms with Crippen LogP contribution >= 0.6 is 0 Å². The van der Waals surface area contributed by atoms with E-state index in [1.54, 1.807) is 13.3 Å². The Labute approximate surface area is 108 Å². The Bertz CT molecular complexity index is 494. The molecule has 3 nitrogen and oxygen atoms in total. The molecule has 0 aliphatic carbocycles. The largest absolute Gasteiger partial charge is 0.493 e. The number of ether oxygens (including phenoxy) is 1. The lowest BCUT2D eigenvalue weighted by atomic mass is 10.1. The molecule has 0 atom stereocenters. The molecular formula is C15H18N2O. The van der Waals surface area contributed by atoms with E-state index in [1.807, 2.05) is 12.1 Å². The molecule has 0 saturated heterocycles. The van der Waals surface area contributed by atoms with E-state index in [0.717, 1.165) is 24.5 Å². The minimum atomic E-state index is 0.747. The highest BCUT2D eigenvalue weighted by Crippen LogP contribution is 2.20. The smallest absolute Gasteiger partial charge is 0.168 e. The quantitative estimate of drug-likeness (QED) is 0.873. The topological polar surface area (TPSA) is 34.2 Å². The first kappa shape index (κ1) is 12.4. The molecule has 1 N–H and O–H groups in total. The number of methoxy groups -OCH3 is 1. The monoisotopic (exact) mass is 242 g/mol. The Morgan fingerprint density at radius 2 is 1.83 bits per heavy atom. The Morgan fingerprint density at radius 1 is 1.11 bits per heavy atom. The van der Waals surface area contributed by atoms with Crippen molar-refractivity contribution >= 4 is 5.82 Å². The van der Waals surface area contributed by atoms with Crippen molar-refractivity contribution in [3.05, 3.63) is 53.7 Å². The lowest BCUT2D eigenvalue weighted by molar-refractivity contribution is 0.415. The molecular weight excluding hydrogens is 224 g/mol. The summed E-state index contributed by atoms with van der Waals surface area (Å²) in [7, 11) is 1.65. The fourth-order valence-electron chi connectivity index (χ4n) is 1.77. The van der Waals surface area contributed by atoms with Gasteiger partial charge in [-0.3, -0.25) is 0 Å². The Hall–Kier alpha value is -2.03. The first-order valence-corrected chi connectivity index (χ1v) is 6.14. The second kappa shape index (κ2) is 6.05. The van der Waals surface area contributed by atoms with Gasteiger partial charge in [-0.05, 0) is 29.7 Å². The summed E-state index contributed by atoms with van der Waals surface area (Å²) in [6.45, 7) is 2.91. The van der Waals surface area contributed by atoms with Gasteiger partial charge in [0.05, 0.1) is 7.11 Å². The molecule has 2 aromatic rings. The van der Waals surface area contributed by atoms with Crippen LogP contribution in [0.4, 0.5) is 5.82 Å². The minimum absolute atomic E-state index is 0.747. The van der Waals surface area contributed by atoms with E-state index >= 15 is 0 Å². The van der Waals surface area contributed by atoms with Crippen molar-refractivity contribution in [1.82, 2.24) is 4.98 Å². The second-order valence-corrected chi connectivity index (χ2v) is 4.08. The molecule has 0 fully saturated rings. The highest BCUT2D eigenvalue weighted by Gasteiger charge is 2.02. The third-order valence-corrected chi connectivity index (χ3v) is 2.88. The summed E-state index contributed by atoms with van der Waals surface area (Å²) >= 11 is 0. The SMILES string of the molecule is CCc1ccc(CNc2ncccc2OC)cc1. The van der Waals surface area contributed by atoms with Crippen molar-refractivity contribution in [3.63, 3.8) is 0 Å². The Kier molecular flexibility index (Phi) is 4.18. The molecule has 0 unspecified atom stereocenters. The van der Waals surface area contributed by atoms with Crippen LogP contribution in [0.1, 0.15) is 18.1 Å². The van der Waals surface area contributed by atoms with Crippen LogP contribution in [-0.2, 0) is 13.0 Å². The number of pyridine rings is 1. The van der Waals surface area contributed by atoms with Crippen molar-refractivity contribution < 1.29 is 4.74 Å². The van der Waals surface area contributed by atoms with Crippen LogP contribution in [0.25, 0.3) is 0 Å².